The van der Waals surface area contributed by atoms with E-state index in [1.165, 1.54) is 152 Å². The SMILES string of the molecule is Brc1cc2ccc3ccccc3c2c2ccccc12.OB(O)c1c2ccccc2c(-c2ccc(-c3cccc4ccccc34)cc2)c2ccccc12.c1ccc2c(-c3ccc(-c4c5ccccc5c(-c5cc6ccc7ccccc7c6c6ccccc56)c5ccccc45)cc3)cccc2c1. The van der Waals surface area contributed by atoms with Crippen LogP contribution in [-0.2, 0) is 0 Å². The highest BCUT2D eigenvalue weighted by Gasteiger charge is 2.24. The Morgan fingerprint density at radius 2 is 0.470 bits per heavy atom. The summed E-state index contributed by atoms with van der Waals surface area (Å²) in [6.45, 7) is 0. The van der Waals surface area contributed by atoms with Gasteiger partial charge in [-0.3, -0.25) is 0 Å². The number of hydrogen-bond donors (Lipinski definition) is 2. The van der Waals surface area contributed by atoms with Crippen LogP contribution in [0.4, 0.5) is 0 Å². The molecule has 0 bridgehead atoms. The van der Waals surface area contributed by atoms with E-state index < -0.39 is 7.12 Å². The van der Waals surface area contributed by atoms with E-state index in [9.17, 15) is 10.0 Å². The van der Waals surface area contributed by atoms with Gasteiger partial charge in [-0.1, -0.05) is 368 Å². The van der Waals surface area contributed by atoms with Gasteiger partial charge in [0, 0.05) is 4.47 Å². The third-order valence-electron chi connectivity index (χ3n) is 20.4. The highest BCUT2D eigenvalue weighted by molar-refractivity contribution is 9.10. The van der Waals surface area contributed by atoms with Gasteiger partial charge in [-0.15, -0.1) is 0 Å². The molecule has 0 heterocycles. The fraction of sp³-hybridized carbons (Fsp3) is 0. The van der Waals surface area contributed by atoms with Crippen molar-refractivity contribution in [3.05, 3.63) is 368 Å². The Morgan fingerprint density at radius 1 is 0.190 bits per heavy atom. The predicted octanol–water partition coefficient (Wildman–Crippen LogP) is 25.7. The third kappa shape index (κ3) is 10.4. The molecule has 0 aliphatic heterocycles. The second kappa shape index (κ2) is 25.4. The monoisotopic (exact) mass is 1340 g/mol. The molecule has 0 amide bonds. The first-order valence-electron chi connectivity index (χ1n) is 34.1. The van der Waals surface area contributed by atoms with E-state index in [0.717, 1.165) is 37.1 Å². The van der Waals surface area contributed by atoms with E-state index in [4.69, 9.17) is 0 Å². The standard InChI is InChI=1S/C48H30.C30H21BO2.C18H11Br/c1-3-15-36-31(12-1)14-11-23-37(36)33-24-27-34(28-25-33)46-41-19-7-9-21-43(41)48(44-22-10-8-20-42(44)46)45-30-35-29-26-32-13-2-4-16-38(32)47(35)40-18-6-5-17-39(40)45;32-31(33)30-27-13-5-3-11-25(27)29(26-12-4-6-14-28(26)30)22-18-16-21(17-19-22)24-15-7-9-20-8-1-2-10-23(20)24;19-17-11-13-10-9-12-5-1-2-6-14(12)18(13)16-8-4-3-7-15(16)17/h1-30H;1-19,32-33H;1-11H. The average Bonchev–Trinajstić information content (AvgIpc) is 0.722. The molecule has 20 rings (SSSR count). The lowest BCUT2D eigenvalue weighted by molar-refractivity contribution is 0.426. The number of halogens is 1. The fourth-order valence-electron chi connectivity index (χ4n) is 16.0. The molecule has 0 spiro atoms. The topological polar surface area (TPSA) is 40.5 Å². The molecule has 20 aromatic rings. The second-order valence-corrected chi connectivity index (χ2v) is 26.8. The van der Waals surface area contributed by atoms with Gasteiger partial charge in [-0.2, -0.15) is 0 Å². The highest BCUT2D eigenvalue weighted by atomic mass is 79.9. The third-order valence-corrected chi connectivity index (χ3v) is 21.1. The Bertz CT molecular complexity index is 6510. The molecule has 0 aliphatic carbocycles. The van der Waals surface area contributed by atoms with Crippen LogP contribution in [0.1, 0.15) is 0 Å². The van der Waals surface area contributed by atoms with Crippen LogP contribution in [0.3, 0.4) is 0 Å². The minimum absolute atomic E-state index is 0.553. The van der Waals surface area contributed by atoms with E-state index in [2.05, 4.69) is 344 Å². The lowest BCUT2D eigenvalue weighted by Gasteiger charge is -2.20. The molecule has 100 heavy (non-hydrogen) atoms. The normalized spacial score (nSPS) is 11.6. The Labute approximate surface area is 587 Å². The van der Waals surface area contributed by atoms with Gasteiger partial charge in [0.2, 0.25) is 0 Å². The van der Waals surface area contributed by atoms with Crippen molar-refractivity contribution >= 4 is 158 Å². The summed E-state index contributed by atoms with van der Waals surface area (Å²) in [7, 11) is -1.54. The predicted molar refractivity (Wildman–Crippen MR) is 434 cm³/mol. The summed E-state index contributed by atoms with van der Waals surface area (Å²) in [6.07, 6.45) is 0. The van der Waals surface area contributed by atoms with E-state index in [0.29, 0.717) is 5.46 Å². The van der Waals surface area contributed by atoms with Crippen molar-refractivity contribution < 1.29 is 10.0 Å². The molecule has 2 N–H and O–H groups in total. The number of rotatable bonds is 6. The zero-order valence-electron chi connectivity index (χ0n) is 54.5. The van der Waals surface area contributed by atoms with Crippen molar-refractivity contribution in [2.45, 2.75) is 0 Å². The Morgan fingerprint density at radius 3 is 0.890 bits per heavy atom. The van der Waals surface area contributed by atoms with Crippen LogP contribution in [0, 0.1) is 0 Å². The van der Waals surface area contributed by atoms with Crippen LogP contribution in [-0.4, -0.2) is 17.2 Å². The van der Waals surface area contributed by atoms with Gasteiger partial charge in [0.25, 0.3) is 0 Å². The summed E-state index contributed by atoms with van der Waals surface area (Å²) < 4.78 is 1.16. The van der Waals surface area contributed by atoms with Gasteiger partial charge in [0.1, 0.15) is 0 Å². The first-order chi connectivity index (χ1) is 49.4. The summed E-state index contributed by atoms with van der Waals surface area (Å²) in [6, 6.07) is 130. The highest BCUT2D eigenvalue weighted by Crippen LogP contribution is 2.48. The molecular weight excluding hydrogens is 1280 g/mol. The number of fused-ring (bicyclic) bond motifs is 16. The van der Waals surface area contributed by atoms with Crippen molar-refractivity contribution in [3.63, 3.8) is 0 Å². The number of hydrogen-bond acceptors (Lipinski definition) is 2. The fourth-order valence-corrected chi connectivity index (χ4v) is 16.6. The van der Waals surface area contributed by atoms with E-state index in [-0.39, 0.29) is 0 Å². The van der Waals surface area contributed by atoms with Crippen molar-refractivity contribution in [1.82, 2.24) is 0 Å². The Balaban J connectivity index is 0.000000119. The zero-order chi connectivity index (χ0) is 66.8. The maximum absolute atomic E-state index is 10.2. The van der Waals surface area contributed by atoms with Gasteiger partial charge < -0.3 is 10.0 Å². The lowest BCUT2D eigenvalue weighted by atomic mass is 9.72. The maximum atomic E-state index is 10.2. The van der Waals surface area contributed by atoms with E-state index >= 15 is 0 Å². The Hall–Kier alpha value is -12.0. The molecule has 0 saturated carbocycles. The van der Waals surface area contributed by atoms with Crippen LogP contribution < -0.4 is 5.46 Å². The second-order valence-electron chi connectivity index (χ2n) is 25.9. The van der Waals surface area contributed by atoms with Crippen LogP contribution in [0.25, 0.3) is 185 Å². The zero-order valence-corrected chi connectivity index (χ0v) is 56.1. The average molecular weight is 1340 g/mol. The van der Waals surface area contributed by atoms with Crippen LogP contribution >= 0.6 is 15.9 Å². The molecule has 2 nitrogen and oxygen atoms in total. The van der Waals surface area contributed by atoms with E-state index in [1.54, 1.807) is 0 Å². The van der Waals surface area contributed by atoms with Crippen LogP contribution in [0.2, 0.25) is 0 Å². The first kappa shape index (κ1) is 60.4. The van der Waals surface area contributed by atoms with Crippen molar-refractivity contribution in [1.29, 1.82) is 0 Å². The van der Waals surface area contributed by atoms with Gasteiger partial charge in [0.15, 0.2) is 0 Å². The van der Waals surface area contributed by atoms with Gasteiger partial charge in [-0.25, -0.2) is 0 Å². The molecule has 20 aromatic carbocycles. The molecule has 0 fully saturated rings. The number of benzene rings is 20. The largest absolute Gasteiger partial charge is 0.489 e. The molecule has 468 valence electrons. The summed E-state index contributed by atoms with van der Waals surface area (Å²) in [5.74, 6) is 0. The van der Waals surface area contributed by atoms with Gasteiger partial charge >= 0.3 is 7.12 Å². The summed E-state index contributed by atoms with van der Waals surface area (Å²) >= 11 is 3.68. The quantitative estimate of drug-likeness (QED) is 0.0990. The molecule has 0 saturated heterocycles. The Kier molecular flexibility index (Phi) is 15.4. The summed E-state index contributed by atoms with van der Waals surface area (Å²) in [5, 5.41) is 49.8. The van der Waals surface area contributed by atoms with Crippen LogP contribution in [0.15, 0.2) is 368 Å². The first-order valence-corrected chi connectivity index (χ1v) is 34.9. The van der Waals surface area contributed by atoms with Gasteiger partial charge in [0.05, 0.1) is 0 Å². The minimum atomic E-state index is -1.54. The van der Waals surface area contributed by atoms with Crippen molar-refractivity contribution in [2.75, 3.05) is 0 Å². The van der Waals surface area contributed by atoms with Gasteiger partial charge in [-0.05, 0) is 202 Å². The molecular formula is C96H62BBrO2. The molecule has 0 radical (unpaired) electrons. The maximum Gasteiger partial charge on any atom is 0.489 e. The molecule has 0 unspecified atom stereocenters. The minimum Gasteiger partial charge on any atom is -0.423 e. The van der Waals surface area contributed by atoms with Crippen molar-refractivity contribution in [2.24, 2.45) is 0 Å². The molecule has 0 atom stereocenters. The van der Waals surface area contributed by atoms with Crippen LogP contribution in [0.5, 0.6) is 0 Å². The molecule has 0 aromatic heterocycles. The molecule has 0 aliphatic rings. The summed E-state index contributed by atoms with van der Waals surface area (Å²) in [5.41, 5.74) is 12.7. The van der Waals surface area contributed by atoms with Crippen molar-refractivity contribution in [3.8, 4) is 55.6 Å². The molecule has 4 heteroatoms. The van der Waals surface area contributed by atoms with E-state index in [1.807, 2.05) is 36.4 Å². The smallest absolute Gasteiger partial charge is 0.423 e. The summed E-state index contributed by atoms with van der Waals surface area (Å²) in [4.78, 5) is 0. The lowest BCUT2D eigenvalue weighted by Crippen LogP contribution is -2.31.